The molecule has 4 N–H and O–H groups in total. The predicted octanol–water partition coefficient (Wildman–Crippen LogP) is 2.54. The number of pyridine rings is 1. The van der Waals surface area contributed by atoms with Crippen LogP contribution in [-0.4, -0.2) is 46.9 Å². The van der Waals surface area contributed by atoms with Gasteiger partial charge in [0.25, 0.3) is 0 Å². The maximum atomic E-state index is 14.8. The molecular formula is C18H14ClF3N4O3. The van der Waals surface area contributed by atoms with Gasteiger partial charge in [0.15, 0.2) is 23.3 Å². The van der Waals surface area contributed by atoms with Crippen molar-refractivity contribution < 1.29 is 28.2 Å². The number of aromatic nitrogens is 1. The van der Waals surface area contributed by atoms with Crippen molar-refractivity contribution in [2.24, 2.45) is 0 Å². The zero-order valence-electron chi connectivity index (χ0n) is 14.7. The highest BCUT2D eigenvalue weighted by atomic mass is 35.5. The average molecular weight is 427 g/mol. The second kappa shape index (κ2) is 6.82. The highest BCUT2D eigenvalue weighted by Crippen LogP contribution is 2.47. The molecule has 1 saturated heterocycles. The second-order valence-electron chi connectivity index (χ2n) is 6.67. The van der Waals surface area contributed by atoms with E-state index in [9.17, 15) is 28.2 Å². The number of nitrogen functional groups attached to an aromatic ring is 1. The Kier molecular flexibility index (Phi) is 4.55. The van der Waals surface area contributed by atoms with E-state index in [2.05, 4.69) is 4.98 Å². The summed E-state index contributed by atoms with van der Waals surface area (Å²) in [4.78, 5) is 18.0. The first-order chi connectivity index (χ1) is 13.7. The molecular weight excluding hydrogens is 413 g/mol. The van der Waals surface area contributed by atoms with Gasteiger partial charge >= 0.3 is 5.97 Å². The standard InChI is InChI=1S/C18H14ClF3N4O3/c19-13-14-9(3-10(20)15(13)25-5-7(27)6-25)8(18(28)29)1-2-26(14)17-12(22)4-11(21)16(23)24-17/h1,3-4,7,27H,2,5-6H2,(H2,23,24)(H,28,29). The van der Waals surface area contributed by atoms with Crippen molar-refractivity contribution in [1.82, 2.24) is 4.98 Å². The Morgan fingerprint density at radius 1 is 1.17 bits per heavy atom. The summed E-state index contributed by atoms with van der Waals surface area (Å²) < 4.78 is 42.8. The zero-order valence-corrected chi connectivity index (χ0v) is 15.4. The fourth-order valence-electron chi connectivity index (χ4n) is 3.43. The van der Waals surface area contributed by atoms with E-state index >= 15 is 0 Å². The Labute approximate surface area is 167 Å². The number of carboxylic acid groups (broad SMARTS) is 1. The van der Waals surface area contributed by atoms with Gasteiger partial charge < -0.3 is 25.7 Å². The molecule has 7 nitrogen and oxygen atoms in total. The van der Waals surface area contributed by atoms with Gasteiger partial charge in [-0.2, -0.15) is 0 Å². The Morgan fingerprint density at radius 3 is 2.48 bits per heavy atom. The largest absolute Gasteiger partial charge is 0.478 e. The number of fused-ring (bicyclic) bond motifs is 1. The summed E-state index contributed by atoms with van der Waals surface area (Å²) in [6.45, 7) is 0.0946. The number of nitrogens with two attached hydrogens (primary N) is 1. The molecule has 0 bridgehead atoms. The van der Waals surface area contributed by atoms with E-state index in [-0.39, 0.29) is 53.0 Å². The number of anilines is 4. The Morgan fingerprint density at radius 2 is 1.86 bits per heavy atom. The Bertz CT molecular complexity index is 1070. The number of nitrogens with zero attached hydrogens (tertiary/aromatic N) is 3. The zero-order chi connectivity index (χ0) is 21.0. The average Bonchev–Trinajstić information content (AvgIpc) is 2.62. The number of aliphatic carboxylic acids is 1. The summed E-state index contributed by atoms with van der Waals surface area (Å²) >= 11 is 6.44. The molecule has 1 fully saturated rings. The topological polar surface area (TPSA) is 103 Å². The normalized spacial score (nSPS) is 16.4. The van der Waals surface area contributed by atoms with Gasteiger partial charge in [0, 0.05) is 31.3 Å². The van der Waals surface area contributed by atoms with E-state index in [0.717, 1.165) is 6.07 Å². The number of halogens is 4. The van der Waals surface area contributed by atoms with Crippen LogP contribution in [0.3, 0.4) is 0 Å². The Balaban J connectivity index is 1.94. The first-order valence-electron chi connectivity index (χ1n) is 8.47. The van der Waals surface area contributed by atoms with E-state index in [1.807, 2.05) is 0 Å². The van der Waals surface area contributed by atoms with Crippen molar-refractivity contribution in [3.05, 3.63) is 46.2 Å². The number of aliphatic hydroxyl groups is 1. The number of carbonyl (C=O) groups is 1. The summed E-state index contributed by atoms with van der Waals surface area (Å²) in [5.74, 6) is -5.14. The lowest BCUT2D eigenvalue weighted by Crippen LogP contribution is -2.51. The molecule has 2 aliphatic rings. The van der Waals surface area contributed by atoms with Crippen molar-refractivity contribution >= 4 is 46.2 Å². The van der Waals surface area contributed by atoms with Gasteiger partial charge in [-0.3, -0.25) is 0 Å². The SMILES string of the molecule is Nc1nc(N2CC=C(C(=O)O)c3cc(F)c(N4CC(O)C4)c(Cl)c32)c(F)cc1F. The van der Waals surface area contributed by atoms with E-state index in [1.54, 1.807) is 0 Å². The molecule has 0 saturated carbocycles. The molecule has 4 rings (SSSR count). The number of aliphatic hydroxyl groups excluding tert-OH is 1. The molecule has 152 valence electrons. The third kappa shape index (κ3) is 3.04. The summed E-state index contributed by atoms with van der Waals surface area (Å²) in [6.07, 6.45) is 0.594. The second-order valence-corrected chi connectivity index (χ2v) is 7.05. The van der Waals surface area contributed by atoms with Gasteiger partial charge in [0.05, 0.1) is 28.1 Å². The smallest absolute Gasteiger partial charge is 0.336 e. The molecule has 29 heavy (non-hydrogen) atoms. The number of benzene rings is 1. The molecule has 0 radical (unpaired) electrons. The van der Waals surface area contributed by atoms with Crippen LogP contribution in [-0.2, 0) is 4.79 Å². The highest BCUT2D eigenvalue weighted by Gasteiger charge is 2.35. The van der Waals surface area contributed by atoms with Gasteiger partial charge in [-0.25, -0.2) is 22.9 Å². The van der Waals surface area contributed by atoms with Crippen LogP contribution in [0, 0.1) is 17.5 Å². The first-order valence-corrected chi connectivity index (χ1v) is 8.84. The van der Waals surface area contributed by atoms with Crippen LogP contribution in [0.5, 0.6) is 0 Å². The van der Waals surface area contributed by atoms with Crippen LogP contribution >= 0.6 is 11.6 Å². The molecule has 3 heterocycles. The van der Waals surface area contributed by atoms with E-state index in [1.165, 1.54) is 15.9 Å². The quantitative estimate of drug-likeness (QED) is 0.693. The molecule has 0 spiro atoms. The minimum absolute atomic E-state index is 0.00163. The van der Waals surface area contributed by atoms with Gasteiger partial charge in [0.2, 0.25) is 0 Å². The highest BCUT2D eigenvalue weighted by molar-refractivity contribution is 6.37. The molecule has 1 aromatic carbocycles. The van der Waals surface area contributed by atoms with Crippen LogP contribution in [0.25, 0.3) is 5.57 Å². The van der Waals surface area contributed by atoms with Crippen LogP contribution < -0.4 is 15.5 Å². The van der Waals surface area contributed by atoms with Gasteiger partial charge in [-0.15, -0.1) is 0 Å². The Hall–Kier alpha value is -2.98. The van der Waals surface area contributed by atoms with Crippen molar-refractivity contribution in [2.75, 3.05) is 35.2 Å². The first kappa shape index (κ1) is 19.3. The number of hydrogen-bond donors (Lipinski definition) is 3. The van der Waals surface area contributed by atoms with Gasteiger partial charge in [-0.05, 0) is 12.1 Å². The fourth-order valence-corrected chi connectivity index (χ4v) is 3.85. The molecule has 1 aromatic heterocycles. The van der Waals surface area contributed by atoms with Crippen LogP contribution in [0.1, 0.15) is 5.56 Å². The maximum Gasteiger partial charge on any atom is 0.336 e. The van der Waals surface area contributed by atoms with Crippen molar-refractivity contribution in [3.8, 4) is 0 Å². The van der Waals surface area contributed by atoms with Crippen LogP contribution in [0.2, 0.25) is 5.02 Å². The van der Waals surface area contributed by atoms with Crippen LogP contribution in [0.15, 0.2) is 18.2 Å². The minimum atomic E-state index is -1.32. The third-order valence-electron chi connectivity index (χ3n) is 4.81. The molecule has 11 heteroatoms. The number of hydrogen-bond acceptors (Lipinski definition) is 6. The molecule has 0 amide bonds. The van der Waals surface area contributed by atoms with Crippen molar-refractivity contribution in [1.29, 1.82) is 0 Å². The summed E-state index contributed by atoms with van der Waals surface area (Å²) in [5.41, 5.74) is 5.11. The van der Waals surface area contributed by atoms with Gasteiger partial charge in [-0.1, -0.05) is 11.6 Å². The summed E-state index contributed by atoms with van der Waals surface area (Å²) in [5, 5.41) is 18.8. The lowest BCUT2D eigenvalue weighted by atomic mass is 9.96. The van der Waals surface area contributed by atoms with E-state index < -0.39 is 35.3 Å². The number of carboxylic acids is 1. The summed E-state index contributed by atoms with van der Waals surface area (Å²) in [7, 11) is 0. The monoisotopic (exact) mass is 426 g/mol. The number of β-amino-alcohol motifs (C(OH)–C–C–N with tert-alkyl or cyclic N) is 1. The molecule has 0 atom stereocenters. The fraction of sp³-hybridized carbons (Fsp3) is 0.222. The van der Waals surface area contributed by atoms with E-state index in [4.69, 9.17) is 17.3 Å². The number of rotatable bonds is 3. The maximum absolute atomic E-state index is 14.8. The van der Waals surface area contributed by atoms with Crippen molar-refractivity contribution in [2.45, 2.75) is 6.10 Å². The molecule has 2 aromatic rings. The van der Waals surface area contributed by atoms with Crippen molar-refractivity contribution in [3.63, 3.8) is 0 Å². The molecule has 0 unspecified atom stereocenters. The lowest BCUT2D eigenvalue weighted by molar-refractivity contribution is -0.130. The molecule has 2 aliphatic heterocycles. The van der Waals surface area contributed by atoms with Crippen LogP contribution in [0.4, 0.5) is 36.2 Å². The van der Waals surface area contributed by atoms with Gasteiger partial charge in [0.1, 0.15) is 5.82 Å². The lowest BCUT2D eigenvalue weighted by Gasteiger charge is -2.40. The third-order valence-corrected chi connectivity index (χ3v) is 5.17. The minimum Gasteiger partial charge on any atom is -0.478 e. The molecule has 0 aliphatic carbocycles. The van der Waals surface area contributed by atoms with E-state index in [0.29, 0.717) is 6.07 Å². The predicted molar refractivity (Wildman–Crippen MR) is 101 cm³/mol. The summed E-state index contributed by atoms with van der Waals surface area (Å²) in [6, 6.07) is 1.54.